The summed E-state index contributed by atoms with van der Waals surface area (Å²) in [5.41, 5.74) is 1.68. The van der Waals surface area contributed by atoms with Gasteiger partial charge >= 0.3 is 0 Å². The van der Waals surface area contributed by atoms with Crippen molar-refractivity contribution in [3.8, 4) is 0 Å². The van der Waals surface area contributed by atoms with Gasteiger partial charge in [0, 0.05) is 45.4 Å². The first kappa shape index (κ1) is 20.9. The lowest BCUT2D eigenvalue weighted by Crippen LogP contribution is -2.43. The van der Waals surface area contributed by atoms with E-state index in [9.17, 15) is 4.79 Å². The molecule has 1 atom stereocenters. The summed E-state index contributed by atoms with van der Waals surface area (Å²) in [4.78, 5) is 18.4. The Morgan fingerprint density at radius 1 is 1.32 bits per heavy atom. The molecule has 0 radical (unpaired) electrons. The molecule has 1 rings (SSSR count). The van der Waals surface area contributed by atoms with Crippen molar-refractivity contribution in [3.05, 3.63) is 35.4 Å². The number of rotatable bonds is 9. The molecule has 0 spiro atoms. The lowest BCUT2D eigenvalue weighted by molar-refractivity contribution is 0.0951. The van der Waals surface area contributed by atoms with Crippen molar-refractivity contribution in [2.45, 2.75) is 19.5 Å². The molecule has 0 saturated heterocycles. The standard InChI is InChI=1S/C18H31N5O2/c1-14(13-25-5)22-18(19-2)21-12-15-7-6-8-16(11-15)17(24)20-9-10-23(3)4/h6-8,11,14H,9-10,12-13H2,1-5H3,(H,20,24)(H2,19,21,22). The van der Waals surface area contributed by atoms with Crippen molar-refractivity contribution in [3.63, 3.8) is 0 Å². The Bertz CT molecular complexity index is 560. The van der Waals surface area contributed by atoms with Crippen LogP contribution < -0.4 is 16.0 Å². The van der Waals surface area contributed by atoms with E-state index in [1.54, 1.807) is 14.2 Å². The molecule has 0 bridgehead atoms. The van der Waals surface area contributed by atoms with Crippen LogP contribution in [0.25, 0.3) is 0 Å². The van der Waals surface area contributed by atoms with Crippen molar-refractivity contribution < 1.29 is 9.53 Å². The van der Waals surface area contributed by atoms with E-state index in [1.165, 1.54) is 0 Å². The monoisotopic (exact) mass is 349 g/mol. The molecule has 1 unspecified atom stereocenters. The number of hydrogen-bond acceptors (Lipinski definition) is 4. The second-order valence-corrected chi connectivity index (χ2v) is 6.19. The van der Waals surface area contributed by atoms with Crippen LogP contribution in [0.4, 0.5) is 0 Å². The molecular weight excluding hydrogens is 318 g/mol. The summed E-state index contributed by atoms with van der Waals surface area (Å²) < 4.78 is 5.11. The molecule has 1 aromatic carbocycles. The normalized spacial score (nSPS) is 12.8. The van der Waals surface area contributed by atoms with Gasteiger partial charge in [-0.2, -0.15) is 0 Å². The highest BCUT2D eigenvalue weighted by Crippen LogP contribution is 2.05. The second kappa shape index (κ2) is 11.4. The van der Waals surface area contributed by atoms with Gasteiger partial charge in [0.25, 0.3) is 5.91 Å². The molecule has 7 nitrogen and oxygen atoms in total. The molecule has 0 saturated carbocycles. The number of methoxy groups -OCH3 is 1. The molecule has 0 aromatic heterocycles. The topological polar surface area (TPSA) is 78.0 Å². The molecule has 0 heterocycles. The Morgan fingerprint density at radius 2 is 2.08 bits per heavy atom. The van der Waals surface area contributed by atoms with Crippen LogP contribution >= 0.6 is 0 Å². The zero-order valence-electron chi connectivity index (χ0n) is 15.9. The number of hydrogen-bond donors (Lipinski definition) is 3. The van der Waals surface area contributed by atoms with E-state index >= 15 is 0 Å². The molecule has 0 aliphatic carbocycles. The van der Waals surface area contributed by atoms with Crippen LogP contribution in [-0.2, 0) is 11.3 Å². The van der Waals surface area contributed by atoms with Crippen molar-refractivity contribution in [2.75, 3.05) is 47.9 Å². The first-order valence-corrected chi connectivity index (χ1v) is 8.44. The van der Waals surface area contributed by atoms with Crippen molar-refractivity contribution in [2.24, 2.45) is 4.99 Å². The third-order valence-corrected chi connectivity index (χ3v) is 3.52. The first-order chi connectivity index (χ1) is 12.0. The number of ether oxygens (including phenoxy) is 1. The molecule has 0 aliphatic heterocycles. The Kier molecular flexibility index (Phi) is 9.57. The first-order valence-electron chi connectivity index (χ1n) is 8.44. The van der Waals surface area contributed by atoms with Gasteiger partial charge in [0.1, 0.15) is 0 Å². The van der Waals surface area contributed by atoms with Crippen LogP contribution in [0.2, 0.25) is 0 Å². The average Bonchev–Trinajstić information content (AvgIpc) is 2.58. The summed E-state index contributed by atoms with van der Waals surface area (Å²) in [6, 6.07) is 7.74. The molecule has 25 heavy (non-hydrogen) atoms. The summed E-state index contributed by atoms with van der Waals surface area (Å²) in [7, 11) is 7.35. The molecule has 7 heteroatoms. The van der Waals surface area contributed by atoms with Crippen LogP contribution in [0.15, 0.2) is 29.3 Å². The number of guanidine groups is 1. The fourth-order valence-electron chi connectivity index (χ4n) is 2.22. The molecule has 0 aliphatic rings. The summed E-state index contributed by atoms with van der Waals surface area (Å²) in [5.74, 6) is 0.644. The summed E-state index contributed by atoms with van der Waals surface area (Å²) in [5, 5.41) is 9.41. The minimum absolute atomic E-state index is 0.0556. The van der Waals surface area contributed by atoms with E-state index < -0.39 is 0 Å². The Balaban J connectivity index is 2.55. The highest BCUT2D eigenvalue weighted by molar-refractivity contribution is 5.94. The molecular formula is C18H31N5O2. The largest absolute Gasteiger partial charge is 0.383 e. The maximum absolute atomic E-state index is 12.2. The van der Waals surface area contributed by atoms with Gasteiger partial charge in [-0.05, 0) is 38.7 Å². The van der Waals surface area contributed by atoms with Gasteiger partial charge < -0.3 is 25.6 Å². The highest BCUT2D eigenvalue weighted by Gasteiger charge is 2.07. The van der Waals surface area contributed by atoms with Gasteiger partial charge in [0.15, 0.2) is 5.96 Å². The van der Waals surface area contributed by atoms with Crippen LogP contribution in [0.5, 0.6) is 0 Å². The molecule has 1 amide bonds. The van der Waals surface area contributed by atoms with Crippen LogP contribution in [-0.4, -0.2) is 70.8 Å². The zero-order chi connectivity index (χ0) is 18.7. The molecule has 140 valence electrons. The fraction of sp³-hybridized carbons (Fsp3) is 0.556. The van der Waals surface area contributed by atoms with Crippen LogP contribution in [0.1, 0.15) is 22.8 Å². The zero-order valence-corrected chi connectivity index (χ0v) is 15.9. The fourth-order valence-corrected chi connectivity index (χ4v) is 2.22. The van der Waals surface area contributed by atoms with Gasteiger partial charge in [-0.25, -0.2) is 0 Å². The number of nitrogens with one attached hydrogen (secondary N) is 3. The lowest BCUT2D eigenvalue weighted by Gasteiger charge is -2.17. The van der Waals surface area contributed by atoms with E-state index in [0.29, 0.717) is 31.2 Å². The van der Waals surface area contributed by atoms with Gasteiger partial charge in [-0.15, -0.1) is 0 Å². The van der Waals surface area contributed by atoms with Gasteiger partial charge in [0.2, 0.25) is 0 Å². The number of likely N-dealkylation sites (N-methyl/N-ethyl adjacent to an activating group) is 1. The van der Waals surface area contributed by atoms with E-state index in [1.807, 2.05) is 50.2 Å². The smallest absolute Gasteiger partial charge is 0.251 e. The maximum Gasteiger partial charge on any atom is 0.251 e. The van der Waals surface area contributed by atoms with E-state index in [-0.39, 0.29) is 11.9 Å². The number of nitrogens with zero attached hydrogens (tertiary/aromatic N) is 2. The molecule has 3 N–H and O–H groups in total. The van der Waals surface area contributed by atoms with Gasteiger partial charge in [-0.1, -0.05) is 12.1 Å². The summed E-state index contributed by atoms with van der Waals surface area (Å²) >= 11 is 0. The van der Waals surface area contributed by atoms with Crippen molar-refractivity contribution in [1.29, 1.82) is 0 Å². The molecule has 0 fully saturated rings. The number of carbonyl (C=O) groups is 1. The Labute approximate surface area is 150 Å². The predicted octanol–water partition coefficient (Wildman–Crippen LogP) is 0.678. The Morgan fingerprint density at radius 3 is 2.72 bits per heavy atom. The summed E-state index contributed by atoms with van der Waals surface area (Å²) in [6.45, 7) is 4.65. The van der Waals surface area contributed by atoms with E-state index in [4.69, 9.17) is 4.74 Å². The van der Waals surface area contributed by atoms with Crippen molar-refractivity contribution >= 4 is 11.9 Å². The third-order valence-electron chi connectivity index (χ3n) is 3.52. The Hall–Kier alpha value is -2.12. The van der Waals surface area contributed by atoms with E-state index in [2.05, 4.69) is 20.9 Å². The average molecular weight is 349 g/mol. The number of benzene rings is 1. The number of aliphatic imine (C=N–C) groups is 1. The second-order valence-electron chi connectivity index (χ2n) is 6.19. The lowest BCUT2D eigenvalue weighted by atomic mass is 10.1. The van der Waals surface area contributed by atoms with Gasteiger partial charge in [-0.3, -0.25) is 9.79 Å². The van der Waals surface area contributed by atoms with Gasteiger partial charge in [0.05, 0.1) is 6.61 Å². The van der Waals surface area contributed by atoms with Crippen LogP contribution in [0, 0.1) is 0 Å². The maximum atomic E-state index is 12.2. The van der Waals surface area contributed by atoms with Crippen molar-refractivity contribution in [1.82, 2.24) is 20.9 Å². The third kappa shape index (κ3) is 8.51. The predicted molar refractivity (Wildman–Crippen MR) is 102 cm³/mol. The quantitative estimate of drug-likeness (QED) is 0.451. The minimum Gasteiger partial charge on any atom is -0.383 e. The molecule has 1 aromatic rings. The number of carbonyl (C=O) groups excluding carboxylic acids is 1. The number of amides is 1. The van der Waals surface area contributed by atoms with Crippen LogP contribution in [0.3, 0.4) is 0 Å². The van der Waals surface area contributed by atoms with E-state index in [0.717, 1.165) is 12.1 Å². The highest BCUT2D eigenvalue weighted by atomic mass is 16.5. The SMILES string of the molecule is CN=C(NCc1cccc(C(=O)NCCN(C)C)c1)NC(C)COC. The summed E-state index contributed by atoms with van der Waals surface area (Å²) in [6.07, 6.45) is 0. The minimum atomic E-state index is -0.0556.